The zero-order valence-corrected chi connectivity index (χ0v) is 17.4. The van der Waals surface area contributed by atoms with Crippen LogP contribution in [-0.4, -0.2) is 57.1 Å². The summed E-state index contributed by atoms with van der Waals surface area (Å²) in [5.41, 5.74) is 2.70. The minimum absolute atomic E-state index is 0.0571. The molecule has 154 valence electrons. The van der Waals surface area contributed by atoms with Crippen LogP contribution in [0.4, 0.5) is 5.69 Å². The van der Waals surface area contributed by atoms with E-state index >= 15 is 0 Å². The van der Waals surface area contributed by atoms with Crippen molar-refractivity contribution in [3.05, 3.63) is 59.7 Å². The molecule has 1 saturated heterocycles. The molecule has 1 aliphatic heterocycles. The van der Waals surface area contributed by atoms with Crippen molar-refractivity contribution >= 4 is 17.5 Å². The van der Waals surface area contributed by atoms with Crippen LogP contribution in [0.1, 0.15) is 28.8 Å². The number of carbonyl (C=O) groups is 2. The minimum Gasteiger partial charge on any atom is -0.497 e. The molecule has 0 radical (unpaired) electrons. The van der Waals surface area contributed by atoms with Gasteiger partial charge in [0.25, 0.3) is 5.91 Å². The Labute approximate surface area is 172 Å². The highest BCUT2D eigenvalue weighted by atomic mass is 16.5. The van der Waals surface area contributed by atoms with Crippen LogP contribution in [0.2, 0.25) is 0 Å². The van der Waals surface area contributed by atoms with Crippen LogP contribution in [0.3, 0.4) is 0 Å². The average Bonchev–Trinajstić information content (AvgIpc) is 2.74. The van der Waals surface area contributed by atoms with Crippen LogP contribution in [-0.2, 0) is 11.2 Å². The number of carbonyl (C=O) groups excluding carboxylic acids is 2. The Morgan fingerprint density at radius 2 is 1.66 bits per heavy atom. The van der Waals surface area contributed by atoms with E-state index in [1.165, 1.54) is 0 Å². The number of ether oxygens (including phenoxy) is 1. The number of amides is 2. The van der Waals surface area contributed by atoms with Gasteiger partial charge >= 0.3 is 0 Å². The van der Waals surface area contributed by atoms with Crippen LogP contribution >= 0.6 is 0 Å². The van der Waals surface area contributed by atoms with Gasteiger partial charge in [-0.3, -0.25) is 9.59 Å². The molecule has 1 heterocycles. The largest absolute Gasteiger partial charge is 0.497 e. The van der Waals surface area contributed by atoms with Gasteiger partial charge in [0, 0.05) is 44.5 Å². The number of hydrogen-bond acceptors (Lipinski definition) is 4. The Morgan fingerprint density at radius 1 is 1.03 bits per heavy atom. The molecule has 1 aliphatic rings. The van der Waals surface area contributed by atoms with Crippen molar-refractivity contribution in [3.63, 3.8) is 0 Å². The van der Waals surface area contributed by atoms with Crippen LogP contribution in [0, 0.1) is 0 Å². The first kappa shape index (κ1) is 20.7. The molecule has 3 rings (SSSR count). The summed E-state index contributed by atoms with van der Waals surface area (Å²) in [4.78, 5) is 28.9. The second-order valence-corrected chi connectivity index (χ2v) is 7.59. The van der Waals surface area contributed by atoms with E-state index in [2.05, 4.69) is 5.32 Å². The van der Waals surface area contributed by atoms with Crippen molar-refractivity contribution in [3.8, 4) is 5.75 Å². The molecule has 2 amide bonds. The summed E-state index contributed by atoms with van der Waals surface area (Å²) >= 11 is 0. The Kier molecular flexibility index (Phi) is 6.75. The van der Waals surface area contributed by atoms with E-state index in [4.69, 9.17) is 4.74 Å². The van der Waals surface area contributed by atoms with Gasteiger partial charge in [0.15, 0.2) is 0 Å². The molecule has 29 heavy (non-hydrogen) atoms. The normalized spacial score (nSPS) is 14.4. The molecule has 0 spiro atoms. The summed E-state index contributed by atoms with van der Waals surface area (Å²) in [6.07, 6.45) is 1.94. The molecular formula is C23H29N3O3. The fraction of sp³-hybridized carbons (Fsp3) is 0.391. The Balaban J connectivity index is 1.46. The minimum atomic E-state index is -0.0571. The molecule has 0 bridgehead atoms. The van der Waals surface area contributed by atoms with Crippen molar-refractivity contribution in [1.82, 2.24) is 10.2 Å². The number of anilines is 1. The number of hydrogen-bond donors (Lipinski definition) is 1. The van der Waals surface area contributed by atoms with E-state index in [1.807, 2.05) is 72.4 Å². The van der Waals surface area contributed by atoms with E-state index in [0.717, 1.165) is 29.8 Å². The Hall–Kier alpha value is -3.02. The first-order chi connectivity index (χ1) is 14.0. The number of benzene rings is 2. The van der Waals surface area contributed by atoms with E-state index in [0.29, 0.717) is 25.1 Å². The third-order valence-electron chi connectivity index (χ3n) is 5.34. The van der Waals surface area contributed by atoms with Gasteiger partial charge in [-0.15, -0.1) is 0 Å². The highest BCUT2D eigenvalue weighted by Crippen LogP contribution is 2.16. The predicted molar refractivity (Wildman–Crippen MR) is 115 cm³/mol. The Morgan fingerprint density at radius 3 is 2.21 bits per heavy atom. The number of methoxy groups -OCH3 is 1. The predicted octanol–water partition coefficient (Wildman–Crippen LogP) is 2.72. The lowest BCUT2D eigenvalue weighted by Crippen LogP contribution is -2.47. The highest BCUT2D eigenvalue weighted by molar-refractivity contribution is 5.94. The lowest BCUT2D eigenvalue weighted by molar-refractivity contribution is -0.131. The van der Waals surface area contributed by atoms with Gasteiger partial charge in [0.05, 0.1) is 13.5 Å². The number of piperidine rings is 1. The van der Waals surface area contributed by atoms with Crippen molar-refractivity contribution in [2.24, 2.45) is 0 Å². The van der Waals surface area contributed by atoms with Gasteiger partial charge in [-0.1, -0.05) is 12.1 Å². The lowest BCUT2D eigenvalue weighted by atomic mass is 10.0. The zero-order chi connectivity index (χ0) is 20.8. The smallest absolute Gasteiger partial charge is 0.251 e. The standard InChI is InChI=1S/C23H29N3O3/c1-25(2)20-8-6-18(7-9-20)23(28)24-19-12-14-26(15-13-19)22(27)16-17-4-10-21(29-3)11-5-17/h4-11,19H,12-16H2,1-3H3,(H,24,28). The second kappa shape index (κ2) is 9.45. The molecule has 0 atom stereocenters. The first-order valence-corrected chi connectivity index (χ1v) is 9.95. The maximum atomic E-state index is 12.6. The van der Waals surface area contributed by atoms with Gasteiger partial charge in [-0.2, -0.15) is 0 Å². The van der Waals surface area contributed by atoms with Crippen molar-refractivity contribution in [2.45, 2.75) is 25.3 Å². The summed E-state index contributed by atoms with van der Waals surface area (Å²) in [6.45, 7) is 1.33. The maximum Gasteiger partial charge on any atom is 0.251 e. The van der Waals surface area contributed by atoms with E-state index in [-0.39, 0.29) is 17.9 Å². The fourth-order valence-electron chi connectivity index (χ4n) is 3.48. The summed E-state index contributed by atoms with van der Waals surface area (Å²) in [6, 6.07) is 15.3. The van der Waals surface area contributed by atoms with Crippen molar-refractivity contribution in [1.29, 1.82) is 0 Å². The SMILES string of the molecule is COc1ccc(CC(=O)N2CCC(NC(=O)c3ccc(N(C)C)cc3)CC2)cc1. The molecule has 0 aromatic heterocycles. The monoisotopic (exact) mass is 395 g/mol. The second-order valence-electron chi connectivity index (χ2n) is 7.59. The van der Waals surface area contributed by atoms with Gasteiger partial charge in [-0.05, 0) is 54.8 Å². The molecule has 0 saturated carbocycles. The van der Waals surface area contributed by atoms with Crippen molar-refractivity contribution in [2.75, 3.05) is 39.2 Å². The third-order valence-corrected chi connectivity index (χ3v) is 5.34. The molecule has 0 aliphatic carbocycles. The Bertz CT molecular complexity index is 823. The van der Waals surface area contributed by atoms with Crippen LogP contribution in [0.15, 0.2) is 48.5 Å². The van der Waals surface area contributed by atoms with Gasteiger partial charge in [0.2, 0.25) is 5.91 Å². The number of nitrogens with one attached hydrogen (secondary N) is 1. The molecule has 1 N–H and O–H groups in total. The van der Waals surface area contributed by atoms with Gasteiger partial charge in [0.1, 0.15) is 5.75 Å². The summed E-state index contributed by atoms with van der Waals surface area (Å²) in [5.74, 6) is 0.853. The molecule has 2 aromatic carbocycles. The van der Waals surface area contributed by atoms with E-state index in [1.54, 1.807) is 7.11 Å². The van der Waals surface area contributed by atoms with Crippen LogP contribution in [0.25, 0.3) is 0 Å². The van der Waals surface area contributed by atoms with Crippen LogP contribution in [0.5, 0.6) is 5.75 Å². The topological polar surface area (TPSA) is 61.9 Å². The molecule has 2 aromatic rings. The summed E-state index contributed by atoms with van der Waals surface area (Å²) in [5, 5.41) is 3.10. The molecule has 6 heteroatoms. The zero-order valence-electron chi connectivity index (χ0n) is 17.4. The molecular weight excluding hydrogens is 366 g/mol. The number of likely N-dealkylation sites (tertiary alicyclic amines) is 1. The quantitative estimate of drug-likeness (QED) is 0.817. The first-order valence-electron chi connectivity index (χ1n) is 9.95. The molecule has 0 unspecified atom stereocenters. The molecule has 6 nitrogen and oxygen atoms in total. The summed E-state index contributed by atoms with van der Waals surface area (Å²) < 4.78 is 5.15. The fourth-order valence-corrected chi connectivity index (χ4v) is 3.48. The number of rotatable bonds is 6. The lowest BCUT2D eigenvalue weighted by Gasteiger charge is -2.32. The average molecular weight is 396 g/mol. The summed E-state index contributed by atoms with van der Waals surface area (Å²) in [7, 11) is 5.57. The number of nitrogens with zero attached hydrogens (tertiary/aromatic N) is 2. The van der Waals surface area contributed by atoms with Gasteiger partial charge in [-0.25, -0.2) is 0 Å². The maximum absolute atomic E-state index is 12.6. The highest BCUT2D eigenvalue weighted by Gasteiger charge is 2.24. The third kappa shape index (κ3) is 5.50. The van der Waals surface area contributed by atoms with Crippen molar-refractivity contribution < 1.29 is 14.3 Å². The molecule has 1 fully saturated rings. The van der Waals surface area contributed by atoms with E-state index in [9.17, 15) is 9.59 Å². The van der Waals surface area contributed by atoms with Crippen LogP contribution < -0.4 is 15.0 Å². The van der Waals surface area contributed by atoms with E-state index < -0.39 is 0 Å². The van der Waals surface area contributed by atoms with Gasteiger partial charge < -0.3 is 19.9 Å².